The van der Waals surface area contributed by atoms with Crippen LogP contribution in [0.2, 0.25) is 0 Å². The number of carbonyl (C=O) groups excluding carboxylic acids is 1. The van der Waals surface area contributed by atoms with Gasteiger partial charge in [0.2, 0.25) is 0 Å². The summed E-state index contributed by atoms with van der Waals surface area (Å²) in [5.41, 5.74) is 4.68. The van der Waals surface area contributed by atoms with Gasteiger partial charge < -0.3 is 4.90 Å². The number of piperidine rings is 3. The zero-order valence-corrected chi connectivity index (χ0v) is 16.1. The highest BCUT2D eigenvalue weighted by Gasteiger charge is 2.47. The summed E-state index contributed by atoms with van der Waals surface area (Å²) in [6, 6.07) is 1.09. The van der Waals surface area contributed by atoms with Gasteiger partial charge in [-0.3, -0.25) is 14.8 Å². The van der Waals surface area contributed by atoms with Crippen LogP contribution in [0.5, 0.6) is 0 Å². The summed E-state index contributed by atoms with van der Waals surface area (Å²) in [5.74, 6) is 1.52. The van der Waals surface area contributed by atoms with Gasteiger partial charge in [-0.15, -0.1) is 0 Å². The number of aromatic amines is 1. The summed E-state index contributed by atoms with van der Waals surface area (Å²) in [4.78, 5) is 18.5. The molecule has 1 aromatic rings. The Bertz CT molecular complexity index is 796. The van der Waals surface area contributed by atoms with Gasteiger partial charge in [-0.2, -0.15) is 5.10 Å². The molecule has 2 aliphatic carbocycles. The molecule has 5 nitrogen and oxygen atoms in total. The molecule has 5 heteroatoms. The highest BCUT2D eigenvalue weighted by atomic mass is 16.2. The molecule has 3 aliphatic heterocycles. The first-order valence-corrected chi connectivity index (χ1v) is 11.1. The molecule has 0 saturated carbocycles. The van der Waals surface area contributed by atoms with E-state index in [1.165, 1.54) is 56.5 Å². The van der Waals surface area contributed by atoms with Crippen molar-refractivity contribution >= 4 is 5.91 Å². The number of nitrogens with zero attached hydrogens (tertiary/aromatic N) is 3. The second-order valence-corrected chi connectivity index (χ2v) is 9.39. The largest absolute Gasteiger partial charge is 0.330 e. The summed E-state index contributed by atoms with van der Waals surface area (Å²) in [6.45, 7) is 3.34. The highest BCUT2D eigenvalue weighted by Crippen LogP contribution is 2.45. The molecule has 5 aliphatic rings. The van der Waals surface area contributed by atoms with E-state index in [4.69, 9.17) is 0 Å². The number of aryl methyl sites for hydroxylation is 1. The molecule has 1 aromatic heterocycles. The number of nitrogens with one attached hydrogen (secondary N) is 1. The smallest absolute Gasteiger partial charge is 0.275 e. The lowest BCUT2D eigenvalue weighted by Crippen LogP contribution is -2.60. The Morgan fingerprint density at radius 2 is 2.07 bits per heavy atom. The maximum absolute atomic E-state index is 13.5. The highest BCUT2D eigenvalue weighted by molar-refractivity contribution is 5.94. The van der Waals surface area contributed by atoms with E-state index in [0.717, 1.165) is 49.9 Å². The SMILES string of the molecule is O=C(c1n[nH]c2c1CCC2)N1CCCC2=C[C@H]3C[C@@H](CN4CCCC[C@H]34)[C@@H]21. The van der Waals surface area contributed by atoms with E-state index < -0.39 is 0 Å². The lowest BCUT2D eigenvalue weighted by molar-refractivity contribution is 0.00128. The Morgan fingerprint density at radius 1 is 1.11 bits per heavy atom. The van der Waals surface area contributed by atoms with E-state index >= 15 is 0 Å². The minimum absolute atomic E-state index is 0.184. The van der Waals surface area contributed by atoms with Crippen LogP contribution in [0.25, 0.3) is 0 Å². The molecule has 2 bridgehead atoms. The Labute approximate surface area is 161 Å². The molecular formula is C22H30N4O. The number of H-pyrrole nitrogens is 1. The van der Waals surface area contributed by atoms with Gasteiger partial charge in [0.05, 0.1) is 6.04 Å². The third kappa shape index (κ3) is 2.47. The van der Waals surface area contributed by atoms with Gasteiger partial charge >= 0.3 is 0 Å². The van der Waals surface area contributed by atoms with Crippen molar-refractivity contribution in [2.75, 3.05) is 19.6 Å². The van der Waals surface area contributed by atoms with Crippen molar-refractivity contribution in [2.24, 2.45) is 11.8 Å². The van der Waals surface area contributed by atoms with E-state index in [1.54, 1.807) is 5.57 Å². The number of hydrogen-bond acceptors (Lipinski definition) is 3. The van der Waals surface area contributed by atoms with Gasteiger partial charge in [0.25, 0.3) is 5.91 Å². The normalized spacial score (nSPS) is 35.3. The molecule has 3 fully saturated rings. The Morgan fingerprint density at radius 3 is 3.04 bits per heavy atom. The molecule has 3 saturated heterocycles. The molecule has 1 N–H and O–H groups in total. The first-order valence-electron chi connectivity index (χ1n) is 11.1. The first kappa shape index (κ1) is 16.3. The number of hydrogen-bond donors (Lipinski definition) is 1. The molecule has 0 spiro atoms. The van der Waals surface area contributed by atoms with Crippen molar-refractivity contribution in [1.29, 1.82) is 0 Å². The van der Waals surface area contributed by atoms with Gasteiger partial charge in [-0.05, 0) is 69.7 Å². The number of carbonyl (C=O) groups is 1. The van der Waals surface area contributed by atoms with Crippen molar-refractivity contribution in [3.8, 4) is 0 Å². The maximum atomic E-state index is 13.5. The summed E-state index contributed by atoms with van der Waals surface area (Å²) in [5, 5.41) is 7.59. The van der Waals surface area contributed by atoms with Gasteiger partial charge in [0.1, 0.15) is 0 Å². The third-order valence-electron chi connectivity index (χ3n) is 7.93. The molecule has 0 aromatic carbocycles. The molecule has 27 heavy (non-hydrogen) atoms. The molecule has 4 atom stereocenters. The Kier molecular flexibility index (Phi) is 3.75. The molecule has 144 valence electrons. The van der Waals surface area contributed by atoms with Crippen molar-refractivity contribution in [2.45, 2.75) is 69.9 Å². The van der Waals surface area contributed by atoms with E-state index in [9.17, 15) is 4.79 Å². The summed E-state index contributed by atoms with van der Waals surface area (Å²) in [7, 11) is 0. The number of rotatable bonds is 1. The van der Waals surface area contributed by atoms with Crippen LogP contribution >= 0.6 is 0 Å². The van der Waals surface area contributed by atoms with E-state index in [-0.39, 0.29) is 5.91 Å². The van der Waals surface area contributed by atoms with Crippen LogP contribution in [0, 0.1) is 11.8 Å². The fraction of sp³-hybridized carbons (Fsp3) is 0.727. The zero-order chi connectivity index (χ0) is 18.0. The van der Waals surface area contributed by atoms with Crippen LogP contribution in [-0.2, 0) is 12.8 Å². The van der Waals surface area contributed by atoms with Gasteiger partial charge in [-0.1, -0.05) is 18.1 Å². The topological polar surface area (TPSA) is 52.2 Å². The number of amides is 1. The predicted octanol–water partition coefficient (Wildman–Crippen LogP) is 2.93. The average Bonchev–Trinajstić information content (AvgIpc) is 3.31. The lowest BCUT2D eigenvalue weighted by Gasteiger charge is -2.54. The summed E-state index contributed by atoms with van der Waals surface area (Å²) < 4.78 is 0. The first-order chi connectivity index (χ1) is 13.3. The van der Waals surface area contributed by atoms with Crippen molar-refractivity contribution in [3.63, 3.8) is 0 Å². The molecule has 1 amide bonds. The Balaban J connectivity index is 1.33. The monoisotopic (exact) mass is 366 g/mol. The van der Waals surface area contributed by atoms with E-state index in [1.807, 2.05) is 0 Å². The zero-order valence-electron chi connectivity index (χ0n) is 16.1. The lowest BCUT2D eigenvalue weighted by atomic mass is 9.68. The van der Waals surface area contributed by atoms with Crippen molar-refractivity contribution in [1.82, 2.24) is 20.0 Å². The van der Waals surface area contributed by atoms with Crippen LogP contribution in [0.3, 0.4) is 0 Å². The number of likely N-dealkylation sites (tertiary alicyclic amines) is 1. The standard InChI is InChI=1S/C22H30N4O/c27-22(20-17-6-3-7-18(17)23-24-20)26-10-4-5-14-11-15-12-16(21(14)26)13-25-9-2-1-8-19(15)25/h11,15-16,19,21H,1-10,12-13H2,(H,23,24)/t15-,16-,19+,21+/m0/s1. The fourth-order valence-electron chi connectivity index (χ4n) is 6.83. The van der Waals surface area contributed by atoms with E-state index in [2.05, 4.69) is 26.1 Å². The van der Waals surface area contributed by atoms with Crippen LogP contribution in [-0.4, -0.2) is 57.6 Å². The van der Waals surface area contributed by atoms with Crippen LogP contribution in [0.15, 0.2) is 11.6 Å². The molecular weight excluding hydrogens is 336 g/mol. The molecule has 6 rings (SSSR count). The van der Waals surface area contributed by atoms with Crippen LogP contribution < -0.4 is 0 Å². The summed E-state index contributed by atoms with van der Waals surface area (Å²) >= 11 is 0. The van der Waals surface area contributed by atoms with Crippen molar-refractivity contribution in [3.05, 3.63) is 28.6 Å². The fourth-order valence-corrected chi connectivity index (χ4v) is 6.83. The minimum Gasteiger partial charge on any atom is -0.330 e. The van der Waals surface area contributed by atoms with Gasteiger partial charge in [-0.25, -0.2) is 0 Å². The third-order valence-corrected chi connectivity index (χ3v) is 7.93. The summed E-state index contributed by atoms with van der Waals surface area (Å²) in [6.07, 6.45) is 13.5. The van der Waals surface area contributed by atoms with Crippen molar-refractivity contribution < 1.29 is 4.79 Å². The minimum atomic E-state index is 0.184. The molecule has 4 heterocycles. The van der Waals surface area contributed by atoms with Crippen LogP contribution in [0.4, 0.5) is 0 Å². The number of fused-ring (bicyclic) bond motifs is 7. The predicted molar refractivity (Wildman–Crippen MR) is 104 cm³/mol. The Hall–Kier alpha value is -1.62. The molecule has 0 radical (unpaired) electrons. The second kappa shape index (κ2) is 6.20. The average molecular weight is 367 g/mol. The second-order valence-electron chi connectivity index (χ2n) is 9.39. The quantitative estimate of drug-likeness (QED) is 0.778. The van der Waals surface area contributed by atoms with Crippen LogP contribution in [0.1, 0.15) is 66.7 Å². The molecule has 0 unspecified atom stereocenters. The van der Waals surface area contributed by atoms with Gasteiger partial charge in [0.15, 0.2) is 5.69 Å². The van der Waals surface area contributed by atoms with Gasteiger partial charge in [0, 0.05) is 30.4 Å². The van der Waals surface area contributed by atoms with E-state index in [0.29, 0.717) is 12.0 Å². The number of aromatic nitrogens is 2. The maximum Gasteiger partial charge on any atom is 0.275 e.